The molecule has 0 aromatic carbocycles. The number of aliphatic hydroxyl groups excluding tert-OH is 15. The number of rotatable bonds is 15. The van der Waals surface area contributed by atoms with E-state index in [0.717, 1.165) is 0 Å². The van der Waals surface area contributed by atoms with E-state index >= 15 is 0 Å². The van der Waals surface area contributed by atoms with Gasteiger partial charge in [-0.3, -0.25) is 9.59 Å². The summed E-state index contributed by atoms with van der Waals surface area (Å²) in [5, 5.41) is 130. The number of carbonyl (C=O) groups excluding carboxylic acids is 3. The molecule has 10 atom stereocenters. The van der Waals surface area contributed by atoms with Gasteiger partial charge in [0.25, 0.3) is 0 Å². The Labute approximate surface area is 203 Å². The summed E-state index contributed by atoms with van der Waals surface area (Å²) in [6.45, 7) is -4.13. The summed E-state index contributed by atoms with van der Waals surface area (Å²) in [5.41, 5.74) is 0. The van der Waals surface area contributed by atoms with E-state index in [2.05, 4.69) is 0 Å². The molecule has 0 unspecified atom stereocenters. The maximum Gasteiger partial charge on any atom is 0.189 e. The van der Waals surface area contributed by atoms with E-state index in [4.69, 9.17) is 76.6 Å². The van der Waals surface area contributed by atoms with Gasteiger partial charge in [-0.05, 0) is 0 Å². The minimum atomic E-state index is -1.86. The van der Waals surface area contributed by atoms with Crippen LogP contribution in [0.3, 0.4) is 0 Å². The zero-order valence-corrected chi connectivity index (χ0v) is 18.8. The van der Waals surface area contributed by atoms with E-state index in [0.29, 0.717) is 0 Å². The van der Waals surface area contributed by atoms with Crippen molar-refractivity contribution in [2.24, 2.45) is 0 Å². The smallest absolute Gasteiger partial charge is 0.189 e. The molecule has 0 aliphatic rings. The molecule has 0 radical (unpaired) electrons. The highest BCUT2D eigenvalue weighted by molar-refractivity contribution is 5.84. The van der Waals surface area contributed by atoms with Crippen LogP contribution < -0.4 is 0 Å². The topological polar surface area (TPSA) is 355 Å². The van der Waals surface area contributed by atoms with Gasteiger partial charge in [-0.1, -0.05) is 0 Å². The predicted molar refractivity (Wildman–Crippen MR) is 112 cm³/mol. The third-order valence-corrected chi connectivity index (χ3v) is 4.20. The van der Waals surface area contributed by atoms with Crippen molar-refractivity contribution in [2.45, 2.75) is 61.0 Å². The lowest BCUT2D eigenvalue weighted by Crippen LogP contribution is -2.46. The highest BCUT2D eigenvalue weighted by Crippen LogP contribution is 2.03. The van der Waals surface area contributed by atoms with Crippen LogP contribution in [0.2, 0.25) is 0 Å². The van der Waals surface area contributed by atoms with Gasteiger partial charge in [-0.25, -0.2) is 0 Å². The molecule has 0 amide bonds. The van der Waals surface area contributed by atoms with Crippen molar-refractivity contribution in [3.8, 4) is 0 Å². The molecule has 0 aromatic rings. The molecule has 18 heteroatoms. The van der Waals surface area contributed by atoms with E-state index in [-0.39, 0.29) is 6.29 Å². The molecule has 0 fully saturated rings. The summed E-state index contributed by atoms with van der Waals surface area (Å²) < 4.78 is 0. The van der Waals surface area contributed by atoms with Crippen molar-refractivity contribution >= 4 is 17.9 Å². The fraction of sp³-hybridized carbons (Fsp3) is 0.833. The number of Topliss-reactive ketones (excluding diaryl/α,β-unsaturated/α-hetero) is 2. The molecule has 0 saturated heterocycles. The van der Waals surface area contributed by atoms with E-state index in [1.165, 1.54) is 0 Å². The molecule has 0 saturated carbocycles. The van der Waals surface area contributed by atoms with Crippen LogP contribution in [-0.4, -0.2) is 189 Å². The molecule has 0 heterocycles. The molecule has 0 aromatic heterocycles. The largest absolute Gasteiger partial charge is 0.394 e. The molecular formula is C18H36O18. The van der Waals surface area contributed by atoms with Crippen molar-refractivity contribution in [2.75, 3.05) is 33.0 Å². The molecule has 36 heavy (non-hydrogen) atoms. The monoisotopic (exact) mass is 540 g/mol. The van der Waals surface area contributed by atoms with Gasteiger partial charge in [-0.15, -0.1) is 0 Å². The summed E-state index contributed by atoms with van der Waals surface area (Å²) >= 11 is 0. The van der Waals surface area contributed by atoms with Crippen LogP contribution in [0.25, 0.3) is 0 Å². The second-order valence-electron chi connectivity index (χ2n) is 6.98. The number of hydrogen-bond donors (Lipinski definition) is 15. The first-order chi connectivity index (χ1) is 16.6. The fourth-order valence-corrected chi connectivity index (χ4v) is 1.82. The average molecular weight is 540 g/mol. The van der Waals surface area contributed by atoms with E-state index in [1.54, 1.807) is 0 Å². The van der Waals surface area contributed by atoms with Crippen molar-refractivity contribution < 1.29 is 91.0 Å². The standard InChI is InChI=1S/3C6H12O6/c3*7-1-3(9)5(11)6(12)4(10)2-8/h2*3,5-9,11-12H,1-2H2;1,3-6,8-12H,2H2/t3-,5-,6+;3-,5-,6-;3-,4+,5+,6+/m110/s1. The van der Waals surface area contributed by atoms with E-state index in [9.17, 15) is 14.4 Å². The molecule has 0 bridgehead atoms. The summed E-state index contributed by atoms with van der Waals surface area (Å²) in [7, 11) is 0. The van der Waals surface area contributed by atoms with Crippen LogP contribution in [0.4, 0.5) is 0 Å². The number of carbonyl (C=O) groups is 3. The van der Waals surface area contributed by atoms with Crippen LogP contribution in [0.15, 0.2) is 0 Å². The zero-order valence-electron chi connectivity index (χ0n) is 18.8. The molecule has 216 valence electrons. The van der Waals surface area contributed by atoms with Crippen LogP contribution >= 0.6 is 0 Å². The quantitative estimate of drug-likeness (QED) is 0.0856. The van der Waals surface area contributed by atoms with Crippen LogP contribution in [0.5, 0.6) is 0 Å². The first kappa shape index (κ1) is 38.9. The van der Waals surface area contributed by atoms with Crippen LogP contribution in [0, 0.1) is 0 Å². The molecular weight excluding hydrogens is 504 g/mol. The predicted octanol–water partition coefficient (Wildman–Crippen LogP) is -10.1. The number of aliphatic hydroxyl groups is 15. The third-order valence-electron chi connectivity index (χ3n) is 4.20. The van der Waals surface area contributed by atoms with Gasteiger partial charge >= 0.3 is 0 Å². The van der Waals surface area contributed by atoms with Gasteiger partial charge < -0.3 is 81.4 Å². The van der Waals surface area contributed by atoms with Crippen molar-refractivity contribution in [3.63, 3.8) is 0 Å². The molecule has 0 rings (SSSR count). The second kappa shape index (κ2) is 21.5. The number of hydrogen-bond acceptors (Lipinski definition) is 18. The lowest BCUT2D eigenvalue weighted by atomic mass is 10.0. The Morgan fingerprint density at radius 1 is 0.500 bits per heavy atom. The van der Waals surface area contributed by atoms with Crippen molar-refractivity contribution in [1.82, 2.24) is 0 Å². The zero-order chi connectivity index (χ0) is 29.2. The minimum Gasteiger partial charge on any atom is -0.394 e. The SMILES string of the molecule is O=C(CO)[C@@H](O)[C@H](O)[C@H](O)CO.O=C(CO)[C@H](O)[C@H](O)[C@H](O)CO.O=C[C@H](O)[C@@H](O)[C@H](O)[C@H](O)CO. The fourth-order valence-electron chi connectivity index (χ4n) is 1.82. The lowest BCUT2D eigenvalue weighted by molar-refractivity contribution is -0.143. The summed E-state index contributed by atoms with van der Waals surface area (Å²) in [5.74, 6) is -2.01. The molecule has 0 aliphatic carbocycles. The van der Waals surface area contributed by atoms with Gasteiger partial charge in [0.2, 0.25) is 0 Å². The summed E-state index contributed by atoms with van der Waals surface area (Å²) in [6, 6.07) is 0. The number of ketones is 2. The maximum atomic E-state index is 10.5. The summed E-state index contributed by atoms with van der Waals surface area (Å²) in [6.07, 6.45) is -17.3. The Kier molecular flexibility index (Phi) is 23.2. The van der Waals surface area contributed by atoms with Gasteiger partial charge in [0.05, 0.1) is 19.8 Å². The normalized spacial score (nSPS) is 19.3. The van der Waals surface area contributed by atoms with Crippen molar-refractivity contribution in [3.05, 3.63) is 0 Å². The average Bonchev–Trinajstić information content (AvgIpc) is 2.92. The third kappa shape index (κ3) is 14.8. The van der Waals surface area contributed by atoms with E-state index in [1.807, 2.05) is 0 Å². The van der Waals surface area contributed by atoms with Crippen LogP contribution in [0.1, 0.15) is 0 Å². The van der Waals surface area contributed by atoms with Gasteiger partial charge in [0.1, 0.15) is 74.3 Å². The minimum absolute atomic E-state index is 0.0258. The van der Waals surface area contributed by atoms with Gasteiger partial charge in [-0.2, -0.15) is 0 Å². The second-order valence-corrected chi connectivity index (χ2v) is 6.98. The Hall–Kier alpha value is -1.59. The van der Waals surface area contributed by atoms with E-state index < -0.39 is 106 Å². The van der Waals surface area contributed by atoms with Gasteiger partial charge in [0.15, 0.2) is 17.9 Å². The Bertz CT molecular complexity index is 556. The molecule has 15 N–H and O–H groups in total. The highest BCUT2D eigenvalue weighted by Gasteiger charge is 2.30. The molecule has 18 nitrogen and oxygen atoms in total. The van der Waals surface area contributed by atoms with Crippen molar-refractivity contribution in [1.29, 1.82) is 0 Å². The Morgan fingerprint density at radius 2 is 0.778 bits per heavy atom. The summed E-state index contributed by atoms with van der Waals surface area (Å²) in [4.78, 5) is 30.9. The Balaban J connectivity index is -0.000000454. The lowest BCUT2D eigenvalue weighted by Gasteiger charge is -2.22. The number of aldehydes is 1. The van der Waals surface area contributed by atoms with Gasteiger partial charge in [0, 0.05) is 0 Å². The molecule has 0 aliphatic heterocycles. The van der Waals surface area contributed by atoms with Crippen LogP contribution in [-0.2, 0) is 14.4 Å². The Morgan fingerprint density at radius 3 is 1.00 bits per heavy atom. The highest BCUT2D eigenvalue weighted by atomic mass is 16.4. The first-order valence-electron chi connectivity index (χ1n) is 9.98. The first-order valence-corrected chi connectivity index (χ1v) is 9.98. The maximum absolute atomic E-state index is 10.5. The molecule has 0 spiro atoms.